The highest BCUT2D eigenvalue weighted by Crippen LogP contribution is 2.19. The maximum atomic E-state index is 11.7. The molecule has 0 fully saturated rings. The number of nitrogens with zero attached hydrogens (tertiary/aromatic N) is 2. The van der Waals surface area contributed by atoms with Crippen LogP contribution in [-0.2, 0) is 4.79 Å². The molecule has 0 N–H and O–H groups in total. The SMILES string of the molecule is CCCC(=O)N(CC)c1cnoc1C. The van der Waals surface area contributed by atoms with E-state index in [1.807, 2.05) is 20.8 Å². The highest BCUT2D eigenvalue weighted by molar-refractivity contribution is 5.93. The fourth-order valence-electron chi connectivity index (χ4n) is 1.38. The Hall–Kier alpha value is -1.32. The molecular weight excluding hydrogens is 180 g/mol. The lowest BCUT2D eigenvalue weighted by atomic mass is 10.2. The molecule has 1 rings (SSSR count). The first-order valence-corrected chi connectivity index (χ1v) is 4.92. The summed E-state index contributed by atoms with van der Waals surface area (Å²) in [6.45, 7) is 6.40. The topological polar surface area (TPSA) is 46.3 Å². The molecule has 0 aliphatic carbocycles. The van der Waals surface area contributed by atoms with Crippen LogP contribution < -0.4 is 4.90 Å². The maximum absolute atomic E-state index is 11.7. The number of carbonyl (C=O) groups excluding carboxylic acids is 1. The Morgan fingerprint density at radius 1 is 1.57 bits per heavy atom. The van der Waals surface area contributed by atoms with Gasteiger partial charge in [-0.3, -0.25) is 4.79 Å². The second-order valence-corrected chi connectivity index (χ2v) is 3.16. The molecule has 0 unspecified atom stereocenters. The van der Waals surface area contributed by atoms with Gasteiger partial charge in [0.25, 0.3) is 0 Å². The van der Waals surface area contributed by atoms with Crippen molar-refractivity contribution < 1.29 is 9.32 Å². The highest BCUT2D eigenvalue weighted by atomic mass is 16.5. The Morgan fingerprint density at radius 3 is 2.71 bits per heavy atom. The van der Waals surface area contributed by atoms with E-state index in [9.17, 15) is 4.79 Å². The first-order valence-electron chi connectivity index (χ1n) is 4.92. The van der Waals surface area contributed by atoms with Crippen molar-refractivity contribution in [1.82, 2.24) is 5.16 Å². The molecule has 0 saturated carbocycles. The van der Waals surface area contributed by atoms with E-state index < -0.39 is 0 Å². The number of carbonyl (C=O) groups is 1. The van der Waals surface area contributed by atoms with Crippen LogP contribution in [0.1, 0.15) is 32.4 Å². The molecule has 0 aliphatic rings. The molecule has 14 heavy (non-hydrogen) atoms. The smallest absolute Gasteiger partial charge is 0.227 e. The van der Waals surface area contributed by atoms with E-state index in [2.05, 4.69) is 5.16 Å². The van der Waals surface area contributed by atoms with Crippen LogP contribution in [0, 0.1) is 6.92 Å². The van der Waals surface area contributed by atoms with E-state index in [0.29, 0.717) is 18.7 Å². The molecule has 0 spiro atoms. The fraction of sp³-hybridized carbons (Fsp3) is 0.600. The van der Waals surface area contributed by atoms with Gasteiger partial charge in [0.05, 0.1) is 6.20 Å². The van der Waals surface area contributed by atoms with Gasteiger partial charge in [-0.15, -0.1) is 0 Å². The summed E-state index contributed by atoms with van der Waals surface area (Å²) in [4.78, 5) is 13.4. The lowest BCUT2D eigenvalue weighted by Crippen LogP contribution is -2.30. The summed E-state index contributed by atoms with van der Waals surface area (Å²) in [5.74, 6) is 0.817. The minimum Gasteiger partial charge on any atom is -0.359 e. The monoisotopic (exact) mass is 196 g/mol. The molecular formula is C10H16N2O2. The summed E-state index contributed by atoms with van der Waals surface area (Å²) in [5, 5.41) is 3.66. The Balaban J connectivity index is 2.82. The van der Waals surface area contributed by atoms with Crippen molar-refractivity contribution in [2.45, 2.75) is 33.6 Å². The lowest BCUT2D eigenvalue weighted by molar-refractivity contribution is -0.118. The molecule has 4 heteroatoms. The molecule has 1 amide bonds. The van der Waals surface area contributed by atoms with Gasteiger partial charge < -0.3 is 9.42 Å². The van der Waals surface area contributed by atoms with Crippen molar-refractivity contribution in [2.75, 3.05) is 11.4 Å². The summed E-state index contributed by atoms with van der Waals surface area (Å²) < 4.78 is 4.93. The van der Waals surface area contributed by atoms with Gasteiger partial charge in [0.1, 0.15) is 5.69 Å². The van der Waals surface area contributed by atoms with Crippen molar-refractivity contribution >= 4 is 11.6 Å². The fourth-order valence-corrected chi connectivity index (χ4v) is 1.38. The number of hydrogen-bond acceptors (Lipinski definition) is 3. The van der Waals surface area contributed by atoms with Gasteiger partial charge in [-0.25, -0.2) is 0 Å². The largest absolute Gasteiger partial charge is 0.359 e. The van der Waals surface area contributed by atoms with E-state index in [1.165, 1.54) is 0 Å². The zero-order valence-corrected chi connectivity index (χ0v) is 8.91. The number of aromatic nitrogens is 1. The molecule has 0 bridgehead atoms. The number of anilines is 1. The third-order valence-corrected chi connectivity index (χ3v) is 2.10. The minimum atomic E-state index is 0.126. The van der Waals surface area contributed by atoms with Crippen LogP contribution in [0.4, 0.5) is 5.69 Å². The summed E-state index contributed by atoms with van der Waals surface area (Å²) in [6, 6.07) is 0. The van der Waals surface area contributed by atoms with Crippen molar-refractivity contribution in [3.63, 3.8) is 0 Å². The molecule has 78 valence electrons. The molecule has 1 heterocycles. The summed E-state index contributed by atoms with van der Waals surface area (Å²) in [7, 11) is 0. The van der Waals surface area contributed by atoms with Crippen molar-refractivity contribution in [1.29, 1.82) is 0 Å². The van der Waals surface area contributed by atoms with E-state index in [1.54, 1.807) is 11.1 Å². The Kier molecular flexibility index (Phi) is 3.68. The third-order valence-electron chi connectivity index (χ3n) is 2.10. The molecule has 0 radical (unpaired) electrons. The van der Waals surface area contributed by atoms with E-state index >= 15 is 0 Å². The summed E-state index contributed by atoms with van der Waals surface area (Å²) in [6.07, 6.45) is 3.02. The van der Waals surface area contributed by atoms with E-state index in [-0.39, 0.29) is 5.91 Å². The van der Waals surface area contributed by atoms with Crippen LogP contribution in [-0.4, -0.2) is 17.6 Å². The third kappa shape index (κ3) is 2.13. The molecule has 0 aromatic carbocycles. The normalized spacial score (nSPS) is 10.2. The molecule has 0 atom stereocenters. The number of amides is 1. The van der Waals surface area contributed by atoms with Gasteiger partial charge in [-0.2, -0.15) is 0 Å². The summed E-state index contributed by atoms with van der Waals surface area (Å²) in [5.41, 5.74) is 0.783. The zero-order chi connectivity index (χ0) is 10.6. The maximum Gasteiger partial charge on any atom is 0.227 e. The van der Waals surface area contributed by atoms with Crippen molar-refractivity contribution in [3.8, 4) is 0 Å². The van der Waals surface area contributed by atoms with E-state index in [0.717, 1.165) is 12.1 Å². The Morgan fingerprint density at radius 2 is 2.29 bits per heavy atom. The summed E-state index contributed by atoms with van der Waals surface area (Å²) >= 11 is 0. The van der Waals surface area contributed by atoms with Crippen molar-refractivity contribution in [2.24, 2.45) is 0 Å². The molecule has 1 aromatic heterocycles. The van der Waals surface area contributed by atoms with Crippen LogP contribution in [0.2, 0.25) is 0 Å². The minimum absolute atomic E-state index is 0.126. The standard InChI is InChI=1S/C10H16N2O2/c1-4-6-10(13)12(5-2)9-7-11-14-8(9)3/h7H,4-6H2,1-3H3. The number of rotatable bonds is 4. The lowest BCUT2D eigenvalue weighted by Gasteiger charge is -2.18. The number of aryl methyl sites for hydroxylation is 1. The predicted molar refractivity (Wildman–Crippen MR) is 54.2 cm³/mol. The van der Waals surface area contributed by atoms with Gasteiger partial charge >= 0.3 is 0 Å². The van der Waals surface area contributed by atoms with Gasteiger partial charge in [-0.1, -0.05) is 12.1 Å². The van der Waals surface area contributed by atoms with Gasteiger partial charge in [0.2, 0.25) is 5.91 Å². The highest BCUT2D eigenvalue weighted by Gasteiger charge is 2.17. The van der Waals surface area contributed by atoms with Crippen molar-refractivity contribution in [3.05, 3.63) is 12.0 Å². The van der Waals surface area contributed by atoms with E-state index in [4.69, 9.17) is 4.52 Å². The Labute approximate surface area is 83.9 Å². The molecule has 4 nitrogen and oxygen atoms in total. The van der Waals surface area contributed by atoms with Crippen LogP contribution in [0.3, 0.4) is 0 Å². The Bertz CT molecular complexity index is 307. The van der Waals surface area contributed by atoms with Crippen LogP contribution in [0.5, 0.6) is 0 Å². The van der Waals surface area contributed by atoms with Gasteiger partial charge in [0.15, 0.2) is 5.76 Å². The molecule has 0 aliphatic heterocycles. The second kappa shape index (κ2) is 4.79. The quantitative estimate of drug-likeness (QED) is 0.741. The second-order valence-electron chi connectivity index (χ2n) is 3.16. The average Bonchev–Trinajstić information content (AvgIpc) is 2.54. The number of hydrogen-bond donors (Lipinski definition) is 0. The van der Waals surface area contributed by atoms with Crippen LogP contribution in [0.25, 0.3) is 0 Å². The van der Waals surface area contributed by atoms with Crippen LogP contribution in [0.15, 0.2) is 10.7 Å². The first-order chi connectivity index (χ1) is 6.70. The zero-order valence-electron chi connectivity index (χ0n) is 8.91. The average molecular weight is 196 g/mol. The van der Waals surface area contributed by atoms with Gasteiger partial charge in [-0.05, 0) is 20.3 Å². The molecule has 0 saturated heterocycles. The van der Waals surface area contributed by atoms with Crippen LogP contribution >= 0.6 is 0 Å². The van der Waals surface area contributed by atoms with Gasteiger partial charge in [0, 0.05) is 13.0 Å². The molecule has 1 aromatic rings. The predicted octanol–water partition coefficient (Wildman–Crippen LogP) is 2.14. The first kappa shape index (κ1) is 10.8.